The molecule has 0 bridgehead atoms. The Morgan fingerprint density at radius 1 is 1.17 bits per heavy atom. The van der Waals surface area contributed by atoms with Crippen molar-refractivity contribution in [1.29, 1.82) is 0 Å². The lowest BCUT2D eigenvalue weighted by atomic mass is 10.1. The van der Waals surface area contributed by atoms with Crippen molar-refractivity contribution >= 4 is 11.8 Å². The Morgan fingerprint density at radius 2 is 1.86 bits per heavy atom. The molecule has 1 atom stereocenters. The van der Waals surface area contributed by atoms with Crippen LogP contribution in [0.25, 0.3) is 0 Å². The van der Waals surface area contributed by atoms with E-state index in [1.54, 1.807) is 25.0 Å². The number of ether oxygens (including phenoxy) is 1. The molecule has 29 heavy (non-hydrogen) atoms. The molecule has 0 aliphatic rings. The number of rotatable bonds is 14. The van der Waals surface area contributed by atoms with E-state index in [9.17, 15) is 9.59 Å². The van der Waals surface area contributed by atoms with Gasteiger partial charge in [-0.1, -0.05) is 13.8 Å². The van der Waals surface area contributed by atoms with Gasteiger partial charge in [0.2, 0.25) is 5.91 Å². The lowest BCUT2D eigenvalue weighted by Gasteiger charge is -2.23. The molecule has 0 aliphatic heterocycles. The lowest BCUT2D eigenvalue weighted by molar-refractivity contribution is -0.121. The number of nitrogens with one attached hydrogen (secondary N) is 1. The summed E-state index contributed by atoms with van der Waals surface area (Å²) in [4.78, 5) is 29.3. The summed E-state index contributed by atoms with van der Waals surface area (Å²) in [5, 5.41) is 3.05. The normalized spacial score (nSPS) is 12.2. The van der Waals surface area contributed by atoms with Gasteiger partial charge >= 0.3 is 0 Å². The maximum atomic E-state index is 12.9. The minimum Gasteiger partial charge on any atom is -0.466 e. The number of furan rings is 1. The summed E-state index contributed by atoms with van der Waals surface area (Å²) in [5.41, 5.74) is 0.545. The van der Waals surface area contributed by atoms with E-state index >= 15 is 0 Å². The summed E-state index contributed by atoms with van der Waals surface area (Å²) in [7, 11) is 1.60. The van der Waals surface area contributed by atoms with Crippen molar-refractivity contribution in [3.8, 4) is 0 Å². The van der Waals surface area contributed by atoms with E-state index in [1.165, 1.54) is 0 Å². The first-order chi connectivity index (χ1) is 13.8. The highest BCUT2D eigenvalue weighted by Crippen LogP contribution is 2.16. The van der Waals surface area contributed by atoms with E-state index in [1.807, 2.05) is 13.8 Å². The molecule has 166 valence electrons. The molecule has 7 heteroatoms. The highest BCUT2D eigenvalue weighted by molar-refractivity contribution is 5.95. The zero-order valence-electron chi connectivity index (χ0n) is 19.0. The van der Waals surface area contributed by atoms with Crippen LogP contribution in [-0.4, -0.2) is 74.1 Å². The molecule has 0 saturated heterocycles. The van der Waals surface area contributed by atoms with E-state index in [4.69, 9.17) is 9.15 Å². The zero-order valence-corrected chi connectivity index (χ0v) is 19.0. The van der Waals surface area contributed by atoms with Crippen LogP contribution in [0.3, 0.4) is 0 Å². The van der Waals surface area contributed by atoms with Crippen LogP contribution in [-0.2, 0) is 9.53 Å². The fraction of sp³-hybridized carbons (Fsp3) is 0.727. The zero-order chi connectivity index (χ0) is 21.8. The van der Waals surface area contributed by atoms with E-state index in [-0.39, 0.29) is 24.3 Å². The van der Waals surface area contributed by atoms with Gasteiger partial charge in [0.1, 0.15) is 11.5 Å². The molecule has 7 nitrogen and oxygen atoms in total. The van der Waals surface area contributed by atoms with Crippen molar-refractivity contribution in [3.63, 3.8) is 0 Å². The number of amides is 2. The Balaban J connectivity index is 2.51. The molecule has 0 radical (unpaired) electrons. The maximum absolute atomic E-state index is 12.9. The Morgan fingerprint density at radius 3 is 2.41 bits per heavy atom. The van der Waals surface area contributed by atoms with Crippen LogP contribution in [0.4, 0.5) is 0 Å². The van der Waals surface area contributed by atoms with Gasteiger partial charge in [0.25, 0.3) is 5.91 Å². The molecule has 0 fully saturated rings. The summed E-state index contributed by atoms with van der Waals surface area (Å²) < 4.78 is 10.6. The Hall–Kier alpha value is -1.86. The van der Waals surface area contributed by atoms with Crippen molar-refractivity contribution in [2.75, 3.05) is 46.4 Å². The summed E-state index contributed by atoms with van der Waals surface area (Å²) in [5.74, 6) is 1.14. The fourth-order valence-electron chi connectivity index (χ4n) is 3.35. The van der Waals surface area contributed by atoms with Crippen LogP contribution in [0.5, 0.6) is 0 Å². The van der Waals surface area contributed by atoms with Gasteiger partial charge in [-0.25, -0.2) is 0 Å². The quantitative estimate of drug-likeness (QED) is 0.511. The SMILES string of the molecule is CCN(CC)CCCC(C)NC(=O)CCN(CCOC)C(=O)c1cc(C)oc1C. The molecule has 1 aromatic heterocycles. The molecule has 1 heterocycles. The molecular weight excluding hydrogens is 370 g/mol. The second-order valence-corrected chi connectivity index (χ2v) is 7.50. The number of nitrogens with zero attached hydrogens (tertiary/aromatic N) is 2. The molecule has 1 unspecified atom stereocenters. The number of carbonyl (C=O) groups is 2. The van der Waals surface area contributed by atoms with Crippen LogP contribution in [0.1, 0.15) is 61.9 Å². The first kappa shape index (κ1) is 25.2. The summed E-state index contributed by atoms with van der Waals surface area (Å²) in [6, 6.07) is 1.87. The van der Waals surface area contributed by atoms with Crippen LogP contribution in [0.2, 0.25) is 0 Å². The van der Waals surface area contributed by atoms with Gasteiger partial charge in [-0.15, -0.1) is 0 Å². The van der Waals surface area contributed by atoms with Crippen LogP contribution >= 0.6 is 0 Å². The minimum atomic E-state index is -0.128. The molecule has 2 amide bonds. The third-order valence-electron chi connectivity index (χ3n) is 5.15. The number of carbonyl (C=O) groups excluding carboxylic acids is 2. The lowest BCUT2D eigenvalue weighted by Crippen LogP contribution is -2.39. The van der Waals surface area contributed by atoms with Gasteiger partial charge in [-0.3, -0.25) is 9.59 Å². The van der Waals surface area contributed by atoms with Crippen LogP contribution < -0.4 is 5.32 Å². The number of aryl methyl sites for hydroxylation is 2. The maximum Gasteiger partial charge on any atom is 0.257 e. The first-order valence-electron chi connectivity index (χ1n) is 10.7. The largest absolute Gasteiger partial charge is 0.466 e. The third-order valence-corrected chi connectivity index (χ3v) is 5.15. The fourth-order valence-corrected chi connectivity index (χ4v) is 3.35. The van der Waals surface area contributed by atoms with Gasteiger partial charge in [0.05, 0.1) is 12.2 Å². The third kappa shape index (κ3) is 9.00. The molecule has 1 N–H and O–H groups in total. The van der Waals surface area contributed by atoms with Gasteiger partial charge in [0, 0.05) is 32.7 Å². The molecule has 1 aromatic rings. The molecular formula is C22H39N3O4. The van der Waals surface area contributed by atoms with Gasteiger partial charge in [-0.05, 0) is 59.3 Å². The van der Waals surface area contributed by atoms with E-state index in [2.05, 4.69) is 24.1 Å². The Kier molecular flexibility index (Phi) is 11.6. The molecule has 0 aromatic carbocycles. The predicted molar refractivity (Wildman–Crippen MR) is 115 cm³/mol. The van der Waals surface area contributed by atoms with Gasteiger partial charge < -0.3 is 24.3 Å². The standard InChI is InChI=1S/C22H39N3O4/c1-7-24(8-2)12-9-10-17(3)23-21(26)11-13-25(14-15-28-6)22(27)20-16-18(4)29-19(20)5/h16-17H,7-15H2,1-6H3,(H,23,26). The Labute approximate surface area is 175 Å². The summed E-state index contributed by atoms with van der Waals surface area (Å²) in [6.45, 7) is 14.3. The van der Waals surface area contributed by atoms with Crippen molar-refractivity contribution in [3.05, 3.63) is 23.2 Å². The van der Waals surface area contributed by atoms with E-state index in [0.29, 0.717) is 36.8 Å². The second-order valence-electron chi connectivity index (χ2n) is 7.50. The van der Waals surface area contributed by atoms with Crippen LogP contribution in [0.15, 0.2) is 10.5 Å². The average molecular weight is 410 g/mol. The van der Waals surface area contributed by atoms with Crippen molar-refractivity contribution in [1.82, 2.24) is 15.1 Å². The smallest absolute Gasteiger partial charge is 0.257 e. The average Bonchev–Trinajstić information content (AvgIpc) is 3.02. The first-order valence-corrected chi connectivity index (χ1v) is 10.7. The van der Waals surface area contributed by atoms with E-state index < -0.39 is 0 Å². The predicted octanol–water partition coefficient (Wildman–Crippen LogP) is 3.00. The summed E-state index contributed by atoms with van der Waals surface area (Å²) >= 11 is 0. The number of methoxy groups -OCH3 is 1. The number of hydrogen-bond acceptors (Lipinski definition) is 5. The van der Waals surface area contributed by atoms with Gasteiger partial charge in [-0.2, -0.15) is 0 Å². The number of hydrogen-bond donors (Lipinski definition) is 1. The second kappa shape index (κ2) is 13.4. The topological polar surface area (TPSA) is 75.0 Å². The highest BCUT2D eigenvalue weighted by atomic mass is 16.5. The monoisotopic (exact) mass is 409 g/mol. The van der Waals surface area contributed by atoms with E-state index in [0.717, 1.165) is 32.5 Å². The highest BCUT2D eigenvalue weighted by Gasteiger charge is 2.21. The molecule has 1 rings (SSSR count). The van der Waals surface area contributed by atoms with Crippen molar-refractivity contribution in [2.45, 2.75) is 59.9 Å². The van der Waals surface area contributed by atoms with Gasteiger partial charge in [0.15, 0.2) is 0 Å². The molecule has 0 saturated carbocycles. The summed E-state index contributed by atoms with van der Waals surface area (Å²) in [6.07, 6.45) is 2.27. The van der Waals surface area contributed by atoms with Crippen molar-refractivity contribution < 1.29 is 18.7 Å². The van der Waals surface area contributed by atoms with Crippen molar-refractivity contribution in [2.24, 2.45) is 0 Å². The minimum absolute atomic E-state index is 0.0318. The van der Waals surface area contributed by atoms with Crippen LogP contribution in [0, 0.1) is 13.8 Å². The molecule has 0 spiro atoms. The Bertz CT molecular complexity index is 626. The molecule has 0 aliphatic carbocycles.